The summed E-state index contributed by atoms with van der Waals surface area (Å²) in [4.78, 5) is 3.07. The average Bonchev–Trinajstić information content (AvgIpc) is 2.14. The van der Waals surface area contributed by atoms with Crippen LogP contribution >= 0.6 is 15.9 Å². The number of nitrogens with one attached hydrogen (secondary N) is 1. The molecule has 1 N–H and O–H groups in total. The van der Waals surface area contributed by atoms with Gasteiger partial charge < -0.3 is 0 Å². The number of H-pyrrole nitrogens is 1. The second-order valence-electron chi connectivity index (χ2n) is 1.65. The van der Waals surface area contributed by atoms with Crippen LogP contribution in [0, 0.1) is 0 Å². The molecule has 0 saturated heterocycles. The zero-order chi connectivity index (χ0) is 5.98. The van der Waals surface area contributed by atoms with Gasteiger partial charge >= 0.3 is 0 Å². The molecule has 0 spiro atoms. The number of hydrogen-bond acceptors (Lipinski definition) is 0. The average molecular weight is 176 g/mol. The van der Waals surface area contributed by atoms with Crippen LogP contribution in [0.4, 0.5) is 0 Å². The minimum absolute atomic E-state index is 0.885. The Balaban J connectivity index is 2.92. The van der Waals surface area contributed by atoms with Crippen LogP contribution in [0.3, 0.4) is 0 Å². The highest BCUT2D eigenvalue weighted by Crippen LogP contribution is 1.92. The van der Waals surface area contributed by atoms with Crippen molar-refractivity contribution < 1.29 is 4.57 Å². The lowest BCUT2D eigenvalue weighted by atomic mass is 10.7. The molecule has 44 valence electrons. The monoisotopic (exact) mass is 175 g/mol. The van der Waals surface area contributed by atoms with E-state index in [1.165, 1.54) is 5.82 Å². The lowest BCUT2D eigenvalue weighted by Crippen LogP contribution is -2.29. The molecule has 0 atom stereocenters. The molecular weight excluding hydrogens is 168 g/mol. The maximum absolute atomic E-state index is 3.34. The highest BCUT2D eigenvalue weighted by Gasteiger charge is 2.00. The van der Waals surface area contributed by atoms with Crippen molar-refractivity contribution in [1.29, 1.82) is 0 Å². The van der Waals surface area contributed by atoms with E-state index < -0.39 is 0 Å². The number of rotatable bonds is 1. The van der Waals surface area contributed by atoms with Crippen molar-refractivity contribution in [1.82, 2.24) is 4.98 Å². The maximum atomic E-state index is 3.34. The fourth-order valence-corrected chi connectivity index (χ4v) is 1.13. The molecule has 0 amide bonds. The number of imidazole rings is 1. The first-order valence-electron chi connectivity index (χ1n) is 2.42. The van der Waals surface area contributed by atoms with Gasteiger partial charge in [-0.1, -0.05) is 15.9 Å². The summed E-state index contributed by atoms with van der Waals surface area (Å²) < 4.78 is 2.04. The zero-order valence-electron chi connectivity index (χ0n) is 4.69. The first kappa shape index (κ1) is 5.82. The van der Waals surface area contributed by atoms with Crippen LogP contribution in [0.5, 0.6) is 0 Å². The molecule has 0 aliphatic heterocycles. The van der Waals surface area contributed by atoms with Crippen LogP contribution in [0.25, 0.3) is 0 Å². The third-order valence-corrected chi connectivity index (χ3v) is 1.63. The lowest BCUT2D eigenvalue weighted by molar-refractivity contribution is -0.676. The van der Waals surface area contributed by atoms with Gasteiger partial charge in [0, 0.05) is 0 Å². The van der Waals surface area contributed by atoms with Gasteiger partial charge in [0.1, 0.15) is 17.7 Å². The van der Waals surface area contributed by atoms with Crippen molar-refractivity contribution in [2.75, 3.05) is 0 Å². The molecule has 0 unspecified atom stereocenters. The zero-order valence-corrected chi connectivity index (χ0v) is 6.27. The predicted molar refractivity (Wildman–Crippen MR) is 34.6 cm³/mol. The number of halogens is 1. The number of alkyl halides is 1. The molecule has 1 aromatic heterocycles. The van der Waals surface area contributed by atoms with Crippen molar-refractivity contribution in [3.05, 3.63) is 18.2 Å². The predicted octanol–water partition coefficient (Wildman–Crippen LogP) is 0.734. The van der Waals surface area contributed by atoms with Crippen molar-refractivity contribution >= 4 is 15.9 Å². The summed E-state index contributed by atoms with van der Waals surface area (Å²) >= 11 is 3.34. The fraction of sp³-hybridized carbons (Fsp3) is 0.400. The first-order chi connectivity index (χ1) is 3.84. The highest BCUT2D eigenvalue weighted by molar-refractivity contribution is 9.08. The molecule has 0 aliphatic carbocycles. The van der Waals surface area contributed by atoms with E-state index >= 15 is 0 Å². The van der Waals surface area contributed by atoms with Crippen LogP contribution in [-0.2, 0) is 12.4 Å². The molecule has 0 fully saturated rings. The third kappa shape index (κ3) is 0.916. The second kappa shape index (κ2) is 2.31. The van der Waals surface area contributed by atoms with Crippen molar-refractivity contribution in [2.45, 2.75) is 5.33 Å². The highest BCUT2D eigenvalue weighted by atomic mass is 79.9. The summed E-state index contributed by atoms with van der Waals surface area (Å²) in [6.45, 7) is 0. The Morgan fingerprint density at radius 2 is 2.62 bits per heavy atom. The summed E-state index contributed by atoms with van der Waals surface area (Å²) in [6.07, 6.45) is 3.90. The van der Waals surface area contributed by atoms with Crippen molar-refractivity contribution in [3.8, 4) is 0 Å². The largest absolute Gasteiger partial charge is 0.264 e. The number of aromatic nitrogens is 2. The summed E-state index contributed by atoms with van der Waals surface area (Å²) in [7, 11) is 2.01. The molecule has 1 aromatic rings. The van der Waals surface area contributed by atoms with Crippen molar-refractivity contribution in [2.24, 2.45) is 7.05 Å². The fourth-order valence-electron chi connectivity index (χ4n) is 0.570. The Labute approximate surface area is 56.7 Å². The van der Waals surface area contributed by atoms with Crippen LogP contribution in [0.2, 0.25) is 0 Å². The van der Waals surface area contributed by atoms with E-state index in [-0.39, 0.29) is 0 Å². The number of aryl methyl sites for hydroxylation is 1. The molecule has 8 heavy (non-hydrogen) atoms. The molecule has 0 bridgehead atoms. The van der Waals surface area contributed by atoms with Gasteiger partial charge in [-0.2, -0.15) is 0 Å². The van der Waals surface area contributed by atoms with E-state index in [0.717, 1.165) is 5.33 Å². The quantitative estimate of drug-likeness (QED) is 0.480. The lowest BCUT2D eigenvalue weighted by Gasteiger charge is -1.82. The minimum atomic E-state index is 0.885. The number of hydrogen-bond donors (Lipinski definition) is 1. The smallest absolute Gasteiger partial charge is 0.247 e. The Morgan fingerprint density at radius 1 is 1.88 bits per heavy atom. The van der Waals surface area contributed by atoms with Crippen LogP contribution in [0.15, 0.2) is 12.4 Å². The Kier molecular flexibility index (Phi) is 1.68. The van der Waals surface area contributed by atoms with E-state index in [2.05, 4.69) is 20.9 Å². The van der Waals surface area contributed by atoms with E-state index in [4.69, 9.17) is 0 Å². The van der Waals surface area contributed by atoms with Crippen LogP contribution < -0.4 is 4.57 Å². The minimum Gasteiger partial charge on any atom is -0.247 e. The van der Waals surface area contributed by atoms with Gasteiger partial charge in [0.25, 0.3) is 5.82 Å². The van der Waals surface area contributed by atoms with E-state index in [1.807, 2.05) is 24.0 Å². The van der Waals surface area contributed by atoms with Gasteiger partial charge in [-0.15, -0.1) is 0 Å². The summed E-state index contributed by atoms with van der Waals surface area (Å²) in [5.74, 6) is 1.19. The first-order valence-corrected chi connectivity index (χ1v) is 3.54. The Hall–Kier alpha value is -0.310. The van der Waals surface area contributed by atoms with Crippen LogP contribution in [0.1, 0.15) is 5.82 Å². The Morgan fingerprint density at radius 3 is 2.88 bits per heavy atom. The summed E-state index contributed by atoms with van der Waals surface area (Å²) in [6, 6.07) is 0. The molecule has 0 radical (unpaired) electrons. The van der Waals surface area contributed by atoms with Crippen molar-refractivity contribution in [3.63, 3.8) is 0 Å². The summed E-state index contributed by atoms with van der Waals surface area (Å²) in [5.41, 5.74) is 0. The molecule has 0 aromatic carbocycles. The normalized spacial score (nSPS) is 9.75. The van der Waals surface area contributed by atoms with Gasteiger partial charge in [-0.3, -0.25) is 0 Å². The topological polar surface area (TPSA) is 19.7 Å². The maximum Gasteiger partial charge on any atom is 0.264 e. The molecule has 2 nitrogen and oxygen atoms in total. The molecule has 1 heterocycles. The van der Waals surface area contributed by atoms with Crippen LogP contribution in [-0.4, -0.2) is 4.98 Å². The standard InChI is InChI=1S/C5H7BrN2/c1-8-3-2-7-5(8)4-6/h2-3H,4H2,1H3/p+1. The van der Waals surface area contributed by atoms with E-state index in [9.17, 15) is 0 Å². The number of nitrogens with zero attached hydrogens (tertiary/aromatic N) is 1. The molecule has 0 saturated carbocycles. The molecule has 1 rings (SSSR count). The molecule has 3 heteroatoms. The van der Waals surface area contributed by atoms with E-state index in [1.54, 1.807) is 0 Å². The molecular formula is C5H8BrN2+. The summed E-state index contributed by atoms with van der Waals surface area (Å²) in [5, 5.41) is 0.885. The molecule has 0 aliphatic rings. The third-order valence-electron chi connectivity index (χ3n) is 1.10. The Bertz CT molecular complexity index is 171. The van der Waals surface area contributed by atoms with Gasteiger partial charge in [-0.05, 0) is 0 Å². The van der Waals surface area contributed by atoms with E-state index in [0.29, 0.717) is 0 Å². The van der Waals surface area contributed by atoms with Gasteiger partial charge in [0.05, 0.1) is 7.05 Å². The SMILES string of the molecule is C[n+]1cc[nH]c1CBr. The van der Waals surface area contributed by atoms with Gasteiger partial charge in [0.2, 0.25) is 0 Å². The number of aromatic amines is 1. The van der Waals surface area contributed by atoms with Gasteiger partial charge in [0.15, 0.2) is 0 Å². The second-order valence-corrected chi connectivity index (χ2v) is 2.21. The van der Waals surface area contributed by atoms with Gasteiger partial charge in [-0.25, -0.2) is 9.55 Å².